The third-order valence-corrected chi connectivity index (χ3v) is 2.58. The Hall–Kier alpha value is -2.77. The Morgan fingerprint density at radius 1 is 1.37 bits per heavy atom. The summed E-state index contributed by atoms with van der Waals surface area (Å²) in [5.74, 6) is 0. The van der Waals surface area contributed by atoms with Crippen molar-refractivity contribution >= 4 is 5.69 Å². The van der Waals surface area contributed by atoms with Gasteiger partial charge in [0.25, 0.3) is 11.2 Å². The predicted molar refractivity (Wildman–Crippen MR) is 66.1 cm³/mol. The Morgan fingerprint density at radius 3 is 2.74 bits per heavy atom. The molecule has 1 aromatic heterocycles. The van der Waals surface area contributed by atoms with E-state index < -0.39 is 16.2 Å². The number of aromatic nitrogens is 3. The van der Waals surface area contributed by atoms with Gasteiger partial charge in [0.1, 0.15) is 5.69 Å². The minimum Gasteiger partial charge on any atom is -0.271 e. The number of rotatable bonds is 3. The smallest absolute Gasteiger partial charge is 0.271 e. The number of nitro benzene ring substituents is 1. The van der Waals surface area contributed by atoms with Crippen molar-refractivity contribution in [2.75, 3.05) is 0 Å². The molecule has 8 nitrogen and oxygen atoms in total. The van der Waals surface area contributed by atoms with Crippen LogP contribution in [0.15, 0.2) is 27.8 Å². The molecule has 0 aliphatic rings. The van der Waals surface area contributed by atoms with Gasteiger partial charge in [-0.25, -0.2) is 9.89 Å². The van der Waals surface area contributed by atoms with Crippen molar-refractivity contribution in [1.82, 2.24) is 15.2 Å². The second-order valence-corrected chi connectivity index (χ2v) is 4.02. The molecule has 0 spiro atoms. The maximum atomic E-state index is 11.5. The first kappa shape index (κ1) is 12.7. The molecule has 0 atom stereocenters. The minimum absolute atomic E-state index is 0.0200. The van der Waals surface area contributed by atoms with Crippen molar-refractivity contribution in [3.05, 3.63) is 66.0 Å². The summed E-state index contributed by atoms with van der Waals surface area (Å²) in [5, 5.41) is 16.6. The fraction of sp³-hybridized carbons (Fsp3) is 0.182. The molecule has 0 saturated carbocycles. The van der Waals surface area contributed by atoms with Gasteiger partial charge in [0.05, 0.1) is 4.92 Å². The number of hydrogen-bond acceptors (Lipinski definition) is 5. The Morgan fingerprint density at radius 2 is 2.11 bits per heavy atom. The van der Waals surface area contributed by atoms with Crippen molar-refractivity contribution in [2.45, 2.75) is 13.3 Å². The number of H-pyrrole nitrogens is 2. The molecular weight excluding hydrogens is 252 g/mol. The van der Waals surface area contributed by atoms with Crippen molar-refractivity contribution in [1.29, 1.82) is 0 Å². The van der Waals surface area contributed by atoms with Crippen LogP contribution in [-0.2, 0) is 6.42 Å². The van der Waals surface area contributed by atoms with E-state index in [1.807, 2.05) is 4.98 Å². The van der Waals surface area contributed by atoms with Crippen LogP contribution in [0.2, 0.25) is 0 Å². The molecule has 0 fully saturated rings. The fourth-order valence-corrected chi connectivity index (χ4v) is 1.67. The molecule has 0 aliphatic heterocycles. The fourth-order valence-electron chi connectivity index (χ4n) is 1.67. The molecule has 19 heavy (non-hydrogen) atoms. The molecule has 98 valence electrons. The van der Waals surface area contributed by atoms with Crippen LogP contribution in [0.25, 0.3) is 0 Å². The highest BCUT2D eigenvalue weighted by Gasteiger charge is 2.16. The molecule has 0 unspecified atom stereocenters. The summed E-state index contributed by atoms with van der Waals surface area (Å²) < 4.78 is 0. The zero-order valence-corrected chi connectivity index (χ0v) is 9.97. The Labute approximate surface area is 106 Å². The van der Waals surface area contributed by atoms with Crippen LogP contribution >= 0.6 is 0 Å². The van der Waals surface area contributed by atoms with E-state index in [0.717, 1.165) is 5.56 Å². The molecule has 2 aromatic rings. The third-order valence-electron chi connectivity index (χ3n) is 2.58. The zero-order valence-electron chi connectivity index (χ0n) is 9.97. The average Bonchev–Trinajstić information content (AvgIpc) is 2.34. The molecule has 0 aliphatic carbocycles. The molecule has 0 radical (unpaired) electrons. The van der Waals surface area contributed by atoms with E-state index in [4.69, 9.17) is 0 Å². The van der Waals surface area contributed by atoms with E-state index in [0.29, 0.717) is 5.56 Å². The lowest BCUT2D eigenvalue weighted by atomic mass is 10.1. The van der Waals surface area contributed by atoms with Crippen molar-refractivity contribution in [3.8, 4) is 0 Å². The quantitative estimate of drug-likeness (QED) is 0.607. The predicted octanol–water partition coefficient (Wildman–Crippen LogP) is 0.266. The highest BCUT2D eigenvalue weighted by atomic mass is 16.6. The number of benzene rings is 1. The van der Waals surface area contributed by atoms with Crippen LogP contribution in [0, 0.1) is 17.0 Å². The number of nitrogens with zero attached hydrogens (tertiary/aromatic N) is 2. The molecular formula is C11H10N4O4. The van der Waals surface area contributed by atoms with Crippen molar-refractivity contribution in [2.24, 2.45) is 0 Å². The summed E-state index contributed by atoms with van der Waals surface area (Å²) in [7, 11) is 0. The molecule has 1 heterocycles. The zero-order chi connectivity index (χ0) is 14.0. The second-order valence-electron chi connectivity index (χ2n) is 4.02. The van der Waals surface area contributed by atoms with Crippen molar-refractivity contribution < 1.29 is 4.92 Å². The lowest BCUT2D eigenvalue weighted by molar-refractivity contribution is -0.385. The summed E-state index contributed by atoms with van der Waals surface area (Å²) in [6.45, 7) is 1.74. The third kappa shape index (κ3) is 2.73. The number of nitro groups is 1. The normalized spacial score (nSPS) is 10.4. The maximum absolute atomic E-state index is 11.5. The summed E-state index contributed by atoms with van der Waals surface area (Å²) >= 11 is 0. The van der Waals surface area contributed by atoms with Gasteiger partial charge in [-0.05, 0) is 12.5 Å². The first-order chi connectivity index (χ1) is 8.97. The van der Waals surface area contributed by atoms with Gasteiger partial charge in [0.2, 0.25) is 0 Å². The number of hydrogen-bond donors (Lipinski definition) is 2. The van der Waals surface area contributed by atoms with Crippen LogP contribution in [0.1, 0.15) is 16.8 Å². The highest BCUT2D eigenvalue weighted by Crippen LogP contribution is 2.21. The van der Waals surface area contributed by atoms with Gasteiger partial charge >= 0.3 is 5.69 Å². The Bertz CT molecular complexity index is 747. The summed E-state index contributed by atoms with van der Waals surface area (Å²) in [6.07, 6.45) is -0.0251. The number of aryl methyl sites for hydroxylation is 1. The van der Waals surface area contributed by atoms with Gasteiger partial charge in [0.15, 0.2) is 0 Å². The largest absolute Gasteiger partial charge is 0.342 e. The van der Waals surface area contributed by atoms with Gasteiger partial charge < -0.3 is 0 Å². The topological polar surface area (TPSA) is 122 Å². The van der Waals surface area contributed by atoms with Crippen LogP contribution in [-0.4, -0.2) is 20.1 Å². The highest BCUT2D eigenvalue weighted by molar-refractivity contribution is 5.44. The molecule has 2 N–H and O–H groups in total. The first-order valence-corrected chi connectivity index (χ1v) is 5.39. The minimum atomic E-state index is -0.716. The average molecular weight is 262 g/mol. The van der Waals surface area contributed by atoms with Crippen molar-refractivity contribution in [3.63, 3.8) is 0 Å². The van der Waals surface area contributed by atoms with Gasteiger partial charge in [-0.15, -0.1) is 0 Å². The van der Waals surface area contributed by atoms with Gasteiger partial charge in [0, 0.05) is 18.1 Å². The van der Waals surface area contributed by atoms with Crippen LogP contribution < -0.4 is 11.2 Å². The number of aromatic amines is 2. The molecule has 0 bridgehead atoms. The van der Waals surface area contributed by atoms with Crippen LogP contribution in [0.3, 0.4) is 0 Å². The van der Waals surface area contributed by atoms with Gasteiger partial charge in [-0.3, -0.25) is 19.9 Å². The van der Waals surface area contributed by atoms with E-state index in [9.17, 15) is 19.7 Å². The van der Waals surface area contributed by atoms with E-state index in [-0.39, 0.29) is 17.8 Å². The Kier molecular flexibility index (Phi) is 3.23. The van der Waals surface area contributed by atoms with Crippen LogP contribution in [0.4, 0.5) is 5.69 Å². The van der Waals surface area contributed by atoms with Gasteiger partial charge in [-0.1, -0.05) is 12.1 Å². The lowest BCUT2D eigenvalue weighted by Gasteiger charge is -2.02. The number of nitrogens with one attached hydrogen (secondary N) is 2. The SMILES string of the molecule is Cc1ccc(Cc2n[nH]c(=O)[nH]c2=O)c([N+](=O)[O-])c1. The first-order valence-electron chi connectivity index (χ1n) is 5.39. The van der Waals surface area contributed by atoms with E-state index in [1.165, 1.54) is 6.07 Å². The molecule has 1 aromatic carbocycles. The standard InChI is InChI=1S/C11H10N4O4/c1-6-2-3-7(9(4-6)15(18)19)5-8-10(16)12-11(17)14-13-8/h2-4H,5H2,1H3,(H2,12,14,16,17). The summed E-state index contributed by atoms with van der Waals surface area (Å²) in [6, 6.07) is 4.71. The molecule has 0 saturated heterocycles. The van der Waals surface area contributed by atoms with Crippen LogP contribution in [0.5, 0.6) is 0 Å². The monoisotopic (exact) mass is 262 g/mol. The molecule has 2 rings (SSSR count). The molecule has 8 heteroatoms. The summed E-state index contributed by atoms with van der Waals surface area (Å²) in [5.41, 5.74) is -0.316. The second kappa shape index (κ2) is 4.84. The Balaban J connectivity index is 2.46. The molecule has 0 amide bonds. The maximum Gasteiger partial charge on any atom is 0.342 e. The van der Waals surface area contributed by atoms with E-state index in [2.05, 4.69) is 10.2 Å². The van der Waals surface area contributed by atoms with Gasteiger partial charge in [-0.2, -0.15) is 5.10 Å². The van der Waals surface area contributed by atoms with E-state index >= 15 is 0 Å². The summed E-state index contributed by atoms with van der Waals surface area (Å²) in [4.78, 5) is 34.8. The van der Waals surface area contributed by atoms with E-state index in [1.54, 1.807) is 19.1 Å². The lowest BCUT2D eigenvalue weighted by Crippen LogP contribution is -2.27.